The van der Waals surface area contributed by atoms with Crippen molar-refractivity contribution in [2.45, 2.75) is 116 Å². The molecule has 0 aromatic carbocycles. The third-order valence-corrected chi connectivity index (χ3v) is 5.67. The van der Waals surface area contributed by atoms with E-state index in [0.29, 0.717) is 25.9 Å². The molecule has 5 nitrogen and oxygen atoms in total. The summed E-state index contributed by atoms with van der Waals surface area (Å²) in [6.07, 6.45) is 12.3. The summed E-state index contributed by atoms with van der Waals surface area (Å²) in [5, 5.41) is 40.5. The number of hydrogen-bond acceptors (Lipinski definition) is 5. The Morgan fingerprint density at radius 2 is 1.15 bits per heavy atom. The highest BCUT2D eigenvalue weighted by atomic mass is 16.4. The topological polar surface area (TPSA) is 101 Å². The summed E-state index contributed by atoms with van der Waals surface area (Å²) in [5.74, 6) is -2.68. The maximum atomic E-state index is 11.5. The predicted octanol–water partition coefficient (Wildman–Crippen LogP) is 3.18. The molecule has 0 aromatic rings. The lowest BCUT2D eigenvalue weighted by molar-refractivity contribution is -0.317. The van der Waals surface area contributed by atoms with Gasteiger partial charge in [0.1, 0.15) is 0 Å². The van der Waals surface area contributed by atoms with Crippen molar-refractivity contribution in [1.82, 2.24) is 0 Å². The lowest BCUT2D eigenvalue weighted by Crippen LogP contribution is -2.46. The van der Waals surface area contributed by atoms with Crippen molar-refractivity contribution in [2.24, 2.45) is 11.8 Å². The molecule has 0 amide bonds. The second-order valence-corrected chi connectivity index (χ2v) is 7.86. The van der Waals surface area contributed by atoms with E-state index in [1.165, 1.54) is 38.5 Å². The van der Waals surface area contributed by atoms with E-state index < -0.39 is 30.0 Å². The van der Waals surface area contributed by atoms with E-state index in [1.54, 1.807) is 6.92 Å². The smallest absolute Gasteiger partial charge is 0.0621 e. The molecule has 0 aromatic heterocycles. The number of hydrogen-bond donors (Lipinski definition) is 3. The third-order valence-electron chi connectivity index (χ3n) is 5.67. The Hall–Kier alpha value is -0.650. The normalized spacial score (nSPS) is 16.0. The molecule has 0 aliphatic rings. The first-order valence-electron chi connectivity index (χ1n) is 11.2. The average molecular weight is 388 g/mol. The van der Waals surface area contributed by atoms with Gasteiger partial charge in [-0.3, -0.25) is 0 Å². The van der Waals surface area contributed by atoms with Crippen LogP contribution in [0, 0.1) is 11.8 Å². The Balaban J connectivity index is 3.99. The van der Waals surface area contributed by atoms with Crippen LogP contribution in [0.15, 0.2) is 0 Å². The number of aliphatic hydroxyl groups excluding tert-OH is 3. The zero-order valence-electron chi connectivity index (χ0n) is 17.6. The molecule has 4 atom stereocenters. The van der Waals surface area contributed by atoms with Crippen LogP contribution in [0.2, 0.25) is 0 Å². The molecule has 0 spiro atoms. The van der Waals surface area contributed by atoms with E-state index in [0.717, 1.165) is 32.1 Å². The maximum Gasteiger partial charge on any atom is 0.0621 e. The van der Waals surface area contributed by atoms with Gasteiger partial charge < -0.3 is 25.2 Å². The predicted molar refractivity (Wildman–Crippen MR) is 107 cm³/mol. The molecule has 4 unspecified atom stereocenters. The molecule has 5 heteroatoms. The summed E-state index contributed by atoms with van der Waals surface area (Å²) in [5.41, 5.74) is 0. The number of carboxylic acid groups (broad SMARTS) is 1. The van der Waals surface area contributed by atoms with Gasteiger partial charge in [0.05, 0.1) is 12.2 Å². The maximum absolute atomic E-state index is 11.5. The zero-order chi connectivity index (χ0) is 20.5. The Kier molecular flexibility index (Phi) is 17.0. The minimum atomic E-state index is -1.25. The third kappa shape index (κ3) is 12.4. The van der Waals surface area contributed by atoms with Crippen molar-refractivity contribution in [2.75, 3.05) is 6.61 Å². The molecular weight excluding hydrogens is 344 g/mol. The molecule has 0 saturated carbocycles. The van der Waals surface area contributed by atoms with Gasteiger partial charge in [0.2, 0.25) is 0 Å². The van der Waals surface area contributed by atoms with Gasteiger partial charge in [-0.2, -0.15) is 0 Å². The van der Waals surface area contributed by atoms with Crippen molar-refractivity contribution in [3.63, 3.8) is 0 Å². The van der Waals surface area contributed by atoms with Gasteiger partial charge in [0.25, 0.3) is 0 Å². The zero-order valence-corrected chi connectivity index (χ0v) is 17.6. The number of rotatable bonds is 19. The van der Waals surface area contributed by atoms with E-state index >= 15 is 0 Å². The fourth-order valence-electron chi connectivity index (χ4n) is 3.87. The quantitative estimate of drug-likeness (QED) is 0.296. The number of unbranched alkanes of at least 4 members (excludes halogenated alkanes) is 10. The number of carboxylic acids is 1. The highest BCUT2D eigenvalue weighted by Crippen LogP contribution is 2.28. The molecular formula is C22H43O5-. The molecule has 0 aliphatic carbocycles. The average Bonchev–Trinajstić information content (AvgIpc) is 2.66. The van der Waals surface area contributed by atoms with Crippen LogP contribution in [0.5, 0.6) is 0 Å². The van der Waals surface area contributed by atoms with E-state index in [-0.39, 0.29) is 0 Å². The molecule has 162 valence electrons. The fourth-order valence-corrected chi connectivity index (χ4v) is 3.87. The largest absolute Gasteiger partial charge is 0.550 e. The van der Waals surface area contributed by atoms with Gasteiger partial charge in [-0.25, -0.2) is 0 Å². The van der Waals surface area contributed by atoms with Gasteiger partial charge in [-0.15, -0.1) is 0 Å². The Morgan fingerprint density at radius 1 is 0.741 bits per heavy atom. The lowest BCUT2D eigenvalue weighted by atomic mass is 9.78. The number of aliphatic hydroxyl groups is 3. The summed E-state index contributed by atoms with van der Waals surface area (Å²) >= 11 is 0. The van der Waals surface area contributed by atoms with Crippen molar-refractivity contribution in [1.29, 1.82) is 0 Å². The van der Waals surface area contributed by atoms with E-state index in [9.17, 15) is 20.1 Å². The number of aliphatic carboxylic acids is 1. The van der Waals surface area contributed by atoms with Crippen LogP contribution < -0.4 is 5.11 Å². The highest BCUT2D eigenvalue weighted by molar-refractivity contribution is 5.68. The van der Waals surface area contributed by atoms with Crippen molar-refractivity contribution >= 4 is 5.97 Å². The van der Waals surface area contributed by atoms with Crippen molar-refractivity contribution in [3.8, 4) is 0 Å². The highest BCUT2D eigenvalue weighted by Gasteiger charge is 2.32. The van der Waals surface area contributed by atoms with E-state index in [2.05, 4.69) is 0 Å². The van der Waals surface area contributed by atoms with Crippen molar-refractivity contribution in [3.05, 3.63) is 0 Å². The summed E-state index contributed by atoms with van der Waals surface area (Å²) in [6.45, 7) is 3.89. The van der Waals surface area contributed by atoms with Gasteiger partial charge in [-0.05, 0) is 31.6 Å². The van der Waals surface area contributed by atoms with Crippen LogP contribution in [0.3, 0.4) is 0 Å². The second-order valence-electron chi connectivity index (χ2n) is 7.86. The molecule has 0 fully saturated rings. The van der Waals surface area contributed by atoms with Gasteiger partial charge >= 0.3 is 0 Å². The first kappa shape index (κ1) is 26.4. The molecule has 0 heterocycles. The summed E-state index contributed by atoms with van der Waals surface area (Å²) in [4.78, 5) is 11.5. The Bertz CT molecular complexity index is 348. The van der Waals surface area contributed by atoms with E-state index in [4.69, 9.17) is 5.11 Å². The Labute approximate surface area is 166 Å². The van der Waals surface area contributed by atoms with Gasteiger partial charge in [0.15, 0.2) is 0 Å². The molecule has 0 radical (unpaired) electrons. The van der Waals surface area contributed by atoms with E-state index in [1.807, 2.05) is 6.92 Å². The van der Waals surface area contributed by atoms with Gasteiger partial charge in [0, 0.05) is 18.5 Å². The second kappa shape index (κ2) is 17.4. The fraction of sp³-hybridized carbons (Fsp3) is 0.955. The summed E-state index contributed by atoms with van der Waals surface area (Å²) in [6, 6.07) is 0. The first-order valence-corrected chi connectivity index (χ1v) is 11.2. The first-order chi connectivity index (χ1) is 13.0. The molecule has 27 heavy (non-hydrogen) atoms. The lowest BCUT2D eigenvalue weighted by Gasteiger charge is -2.34. The van der Waals surface area contributed by atoms with Crippen molar-refractivity contribution < 1.29 is 25.2 Å². The molecule has 0 aliphatic heterocycles. The summed E-state index contributed by atoms with van der Waals surface area (Å²) in [7, 11) is 0. The minimum absolute atomic E-state index is 0.303. The van der Waals surface area contributed by atoms with Crippen LogP contribution in [0.25, 0.3) is 0 Å². The van der Waals surface area contributed by atoms with Crippen LogP contribution in [-0.2, 0) is 4.79 Å². The molecule has 0 rings (SSSR count). The molecule has 0 bridgehead atoms. The number of carbonyl (C=O) groups is 1. The SMILES string of the molecule is CCC(O)C(CCCCCCCCCCCCCO)C(C(=O)[O-])C(O)CC. The monoisotopic (exact) mass is 387 g/mol. The molecule has 3 N–H and O–H groups in total. The van der Waals surface area contributed by atoms with Crippen LogP contribution >= 0.6 is 0 Å². The van der Waals surface area contributed by atoms with Crippen LogP contribution in [0.4, 0.5) is 0 Å². The standard InChI is InChI=1S/C22H44O5/c1-3-19(24)18(21(22(26)27)20(25)4-2)16-14-12-10-8-6-5-7-9-11-13-15-17-23/h18-21,23-25H,3-17H2,1-2H3,(H,26,27)/p-1. The number of carbonyl (C=O) groups excluding carboxylic acids is 1. The van der Waals surface area contributed by atoms with Crippen LogP contribution in [-0.4, -0.2) is 40.1 Å². The summed E-state index contributed by atoms with van der Waals surface area (Å²) < 4.78 is 0. The van der Waals surface area contributed by atoms with Crippen LogP contribution in [0.1, 0.15) is 104 Å². The van der Waals surface area contributed by atoms with Gasteiger partial charge in [-0.1, -0.05) is 78.1 Å². The molecule has 0 saturated heterocycles. The minimum Gasteiger partial charge on any atom is -0.550 e. The Morgan fingerprint density at radius 3 is 1.52 bits per heavy atom.